The van der Waals surface area contributed by atoms with Gasteiger partial charge in [0, 0.05) is 50.3 Å². The number of anilines is 3. The van der Waals surface area contributed by atoms with Crippen LogP contribution in [-0.4, -0.2) is 73.0 Å². The molecule has 0 atom stereocenters. The average Bonchev–Trinajstić information content (AvgIpc) is 3.62. The minimum atomic E-state index is -0.111. The molecule has 1 saturated heterocycles. The van der Waals surface area contributed by atoms with Gasteiger partial charge in [0.05, 0.1) is 17.3 Å². The van der Waals surface area contributed by atoms with Crippen molar-refractivity contribution in [2.75, 3.05) is 37.4 Å². The van der Waals surface area contributed by atoms with E-state index < -0.39 is 0 Å². The number of hydrogen-bond donors (Lipinski definition) is 2. The number of piperidine rings is 1. The van der Waals surface area contributed by atoms with Crippen LogP contribution in [0.5, 0.6) is 0 Å². The van der Waals surface area contributed by atoms with Crippen molar-refractivity contribution in [1.82, 2.24) is 34.4 Å². The Kier molecular flexibility index (Phi) is 7.95. The lowest BCUT2D eigenvalue weighted by atomic mass is 9.91. The van der Waals surface area contributed by atoms with E-state index in [1.807, 2.05) is 18.2 Å². The summed E-state index contributed by atoms with van der Waals surface area (Å²) in [5.41, 5.74) is 7.53. The fourth-order valence-electron chi connectivity index (χ4n) is 5.56. The lowest BCUT2D eigenvalue weighted by Gasteiger charge is -2.37. The Labute approximate surface area is 254 Å². The number of hydrogen-bond acceptors (Lipinski definition) is 10. The normalized spacial score (nSPS) is 17.1. The standard InChI is InChI=1S/C29H35ClN10OS/c1-29(31)10-12-39(13-11-29)23-16-33-24(17-32-23)42-21-8-9-22(35-25(21)30)36-28-34-15-18-14-20(27(41)38(2)3)40(26(18)37-28)19-6-4-5-7-19/h8-9,14-17,19H,4-7,10-13,31H2,1-3H3,(H,34,35,36,37). The molecule has 2 aliphatic rings. The Morgan fingerprint density at radius 3 is 2.52 bits per heavy atom. The van der Waals surface area contributed by atoms with Gasteiger partial charge in [-0.1, -0.05) is 36.2 Å². The summed E-state index contributed by atoms with van der Waals surface area (Å²) in [6.45, 7) is 3.84. The lowest BCUT2D eigenvalue weighted by molar-refractivity contribution is 0.0815. The van der Waals surface area contributed by atoms with Gasteiger partial charge < -0.3 is 25.4 Å². The highest BCUT2D eigenvalue weighted by Crippen LogP contribution is 2.36. The van der Waals surface area contributed by atoms with Gasteiger partial charge in [0.2, 0.25) is 5.95 Å². The minimum absolute atomic E-state index is 0.0408. The first kappa shape index (κ1) is 28.6. The van der Waals surface area contributed by atoms with Crippen LogP contribution in [-0.2, 0) is 0 Å². The van der Waals surface area contributed by atoms with E-state index in [9.17, 15) is 4.79 Å². The zero-order chi connectivity index (χ0) is 29.4. The third kappa shape index (κ3) is 6.02. The molecular weight excluding hydrogens is 572 g/mol. The summed E-state index contributed by atoms with van der Waals surface area (Å²) in [6, 6.07) is 5.85. The summed E-state index contributed by atoms with van der Waals surface area (Å²) in [5.74, 6) is 1.72. The lowest BCUT2D eigenvalue weighted by Crippen LogP contribution is -2.48. The van der Waals surface area contributed by atoms with Crippen LogP contribution in [0.2, 0.25) is 5.15 Å². The van der Waals surface area contributed by atoms with Gasteiger partial charge in [0.1, 0.15) is 33.2 Å². The number of nitrogens with one attached hydrogen (secondary N) is 1. The van der Waals surface area contributed by atoms with Gasteiger partial charge in [-0.3, -0.25) is 4.79 Å². The number of fused-ring (bicyclic) bond motifs is 1. The van der Waals surface area contributed by atoms with E-state index in [1.54, 1.807) is 37.6 Å². The molecule has 2 fully saturated rings. The van der Waals surface area contributed by atoms with Gasteiger partial charge in [-0.15, -0.1) is 0 Å². The Bertz CT molecular complexity index is 1590. The Balaban J connectivity index is 1.17. The molecule has 11 nitrogen and oxygen atoms in total. The summed E-state index contributed by atoms with van der Waals surface area (Å²) in [4.78, 5) is 40.6. The second-order valence-corrected chi connectivity index (χ2v) is 13.0. The van der Waals surface area contributed by atoms with Crippen molar-refractivity contribution in [2.24, 2.45) is 5.73 Å². The van der Waals surface area contributed by atoms with Gasteiger partial charge in [-0.2, -0.15) is 4.98 Å². The summed E-state index contributed by atoms with van der Waals surface area (Å²) in [6.07, 6.45) is 11.5. The molecule has 0 aromatic carbocycles. The third-order valence-electron chi connectivity index (χ3n) is 8.00. The quantitative estimate of drug-likeness (QED) is 0.267. The summed E-state index contributed by atoms with van der Waals surface area (Å²) < 4.78 is 2.09. The number of halogens is 1. The largest absolute Gasteiger partial charge is 0.355 e. The fraction of sp³-hybridized carbons (Fsp3) is 0.448. The Morgan fingerprint density at radius 2 is 1.86 bits per heavy atom. The third-order valence-corrected chi connectivity index (χ3v) is 9.37. The molecule has 1 aliphatic heterocycles. The monoisotopic (exact) mass is 606 g/mol. The molecular formula is C29H35ClN10OS. The van der Waals surface area contributed by atoms with E-state index in [0.717, 1.165) is 78.4 Å². The molecule has 220 valence electrons. The zero-order valence-electron chi connectivity index (χ0n) is 24.0. The number of amides is 1. The van der Waals surface area contributed by atoms with Crippen LogP contribution in [0.3, 0.4) is 0 Å². The molecule has 1 amide bonds. The van der Waals surface area contributed by atoms with Gasteiger partial charge in [-0.05, 0) is 50.8 Å². The van der Waals surface area contributed by atoms with Crippen molar-refractivity contribution in [3.8, 4) is 0 Å². The fourth-order valence-corrected chi connectivity index (χ4v) is 6.53. The first-order valence-electron chi connectivity index (χ1n) is 14.2. The molecule has 42 heavy (non-hydrogen) atoms. The molecule has 13 heteroatoms. The van der Waals surface area contributed by atoms with Crippen molar-refractivity contribution < 1.29 is 4.79 Å². The van der Waals surface area contributed by atoms with Crippen LogP contribution in [0.1, 0.15) is 62.0 Å². The molecule has 6 rings (SSSR count). The molecule has 0 spiro atoms. The maximum atomic E-state index is 13.0. The minimum Gasteiger partial charge on any atom is -0.355 e. The van der Waals surface area contributed by atoms with Crippen LogP contribution >= 0.6 is 23.4 Å². The molecule has 0 unspecified atom stereocenters. The number of nitrogens with two attached hydrogens (primary N) is 1. The van der Waals surface area contributed by atoms with Crippen molar-refractivity contribution in [3.63, 3.8) is 0 Å². The zero-order valence-corrected chi connectivity index (χ0v) is 25.6. The second-order valence-electron chi connectivity index (χ2n) is 11.6. The van der Waals surface area contributed by atoms with E-state index in [0.29, 0.717) is 22.6 Å². The van der Waals surface area contributed by atoms with Crippen molar-refractivity contribution >= 4 is 57.9 Å². The van der Waals surface area contributed by atoms with E-state index in [-0.39, 0.29) is 17.5 Å². The molecule has 4 aromatic heterocycles. The highest BCUT2D eigenvalue weighted by Gasteiger charge is 2.28. The van der Waals surface area contributed by atoms with Crippen LogP contribution < -0.4 is 16.0 Å². The van der Waals surface area contributed by atoms with Crippen LogP contribution in [0.4, 0.5) is 17.6 Å². The predicted octanol–water partition coefficient (Wildman–Crippen LogP) is 5.30. The smallest absolute Gasteiger partial charge is 0.270 e. The van der Waals surface area contributed by atoms with Gasteiger partial charge in [0.15, 0.2) is 0 Å². The molecule has 5 heterocycles. The molecule has 0 radical (unpaired) electrons. The van der Waals surface area contributed by atoms with Gasteiger partial charge in [0.25, 0.3) is 5.91 Å². The molecule has 0 bridgehead atoms. The van der Waals surface area contributed by atoms with E-state index in [4.69, 9.17) is 22.3 Å². The van der Waals surface area contributed by atoms with Crippen molar-refractivity contribution in [1.29, 1.82) is 0 Å². The first-order valence-corrected chi connectivity index (χ1v) is 15.4. The van der Waals surface area contributed by atoms with Crippen molar-refractivity contribution in [2.45, 2.75) is 67.0 Å². The number of pyridine rings is 1. The maximum absolute atomic E-state index is 13.0. The number of aromatic nitrogens is 6. The predicted molar refractivity (Wildman–Crippen MR) is 166 cm³/mol. The van der Waals surface area contributed by atoms with E-state index in [2.05, 4.69) is 41.6 Å². The summed E-state index contributed by atoms with van der Waals surface area (Å²) in [5, 5.41) is 5.08. The van der Waals surface area contributed by atoms with Gasteiger partial charge >= 0.3 is 0 Å². The Morgan fingerprint density at radius 1 is 1.10 bits per heavy atom. The molecule has 1 aliphatic carbocycles. The molecule has 3 N–H and O–H groups in total. The maximum Gasteiger partial charge on any atom is 0.270 e. The topological polar surface area (TPSA) is 131 Å². The van der Waals surface area contributed by atoms with Gasteiger partial charge in [-0.25, -0.2) is 19.9 Å². The highest BCUT2D eigenvalue weighted by atomic mass is 35.5. The van der Waals surface area contributed by atoms with E-state index >= 15 is 0 Å². The van der Waals surface area contributed by atoms with Crippen LogP contribution in [0.25, 0.3) is 11.0 Å². The second kappa shape index (κ2) is 11.7. The molecule has 4 aromatic rings. The average molecular weight is 607 g/mol. The van der Waals surface area contributed by atoms with Crippen LogP contribution in [0.15, 0.2) is 46.7 Å². The van der Waals surface area contributed by atoms with Crippen LogP contribution in [0, 0.1) is 0 Å². The summed E-state index contributed by atoms with van der Waals surface area (Å²) in [7, 11) is 3.53. The molecule has 1 saturated carbocycles. The number of carbonyl (C=O) groups is 1. The SMILES string of the molecule is CN(C)C(=O)c1cc2cnc(Nc3ccc(Sc4cnc(N5CCC(C)(N)CC5)cn4)c(Cl)n3)nc2n1C1CCCC1. The number of rotatable bonds is 7. The van der Waals surface area contributed by atoms with Crippen molar-refractivity contribution in [3.05, 3.63) is 47.6 Å². The Hall–Kier alpha value is -3.48. The summed E-state index contributed by atoms with van der Waals surface area (Å²) >= 11 is 7.98. The number of carbonyl (C=O) groups excluding carboxylic acids is 1. The first-order chi connectivity index (χ1) is 20.2. The van der Waals surface area contributed by atoms with E-state index in [1.165, 1.54) is 11.8 Å². The number of nitrogens with zero attached hydrogens (tertiary/aromatic N) is 8. The highest BCUT2D eigenvalue weighted by molar-refractivity contribution is 7.99.